The highest BCUT2D eigenvalue weighted by atomic mass is 32.2. The third kappa shape index (κ3) is 5.74. The van der Waals surface area contributed by atoms with E-state index in [0.29, 0.717) is 37.1 Å². The number of sulfonamides is 1. The quantitative estimate of drug-likeness (QED) is 0.498. The number of likely N-dealkylation sites (N-methyl/N-ethyl adjacent to an activating group) is 1. The number of H-pyrrole nitrogens is 1. The number of pyridine rings is 1. The van der Waals surface area contributed by atoms with Crippen LogP contribution >= 0.6 is 0 Å². The van der Waals surface area contributed by atoms with Crippen LogP contribution in [-0.2, 0) is 10.0 Å². The Balaban J connectivity index is 1.57. The highest BCUT2D eigenvalue weighted by molar-refractivity contribution is 7.89. The number of hydrogen-bond acceptors (Lipinski definition) is 5. The van der Waals surface area contributed by atoms with Gasteiger partial charge in [0.15, 0.2) is 0 Å². The first-order chi connectivity index (χ1) is 16.9. The van der Waals surface area contributed by atoms with Crippen LogP contribution in [0.25, 0.3) is 10.9 Å². The van der Waals surface area contributed by atoms with Crippen LogP contribution in [0.15, 0.2) is 64.3 Å². The molecule has 35 heavy (non-hydrogen) atoms. The molecule has 1 aliphatic heterocycles. The molecule has 0 saturated carbocycles. The Morgan fingerprint density at radius 3 is 2.43 bits per heavy atom. The van der Waals surface area contributed by atoms with Crippen molar-refractivity contribution in [3.8, 4) is 0 Å². The SMILES string of the molecule is CCN(CCNC(=O)c1cc(=O)[nH]c2ccc(S(=O)(=O)N3CCCCCC3)cc12)c1ccccc1. The lowest BCUT2D eigenvalue weighted by atomic mass is 10.1. The Kier molecular flexibility index (Phi) is 7.87. The van der Waals surface area contributed by atoms with Gasteiger partial charge in [0.1, 0.15) is 0 Å². The van der Waals surface area contributed by atoms with Gasteiger partial charge >= 0.3 is 0 Å². The maximum absolute atomic E-state index is 13.3. The zero-order valence-electron chi connectivity index (χ0n) is 20.0. The van der Waals surface area contributed by atoms with Gasteiger partial charge < -0.3 is 15.2 Å². The topological polar surface area (TPSA) is 103 Å². The monoisotopic (exact) mass is 496 g/mol. The van der Waals surface area contributed by atoms with Crippen LogP contribution in [0.1, 0.15) is 43.0 Å². The number of nitrogens with zero attached hydrogens (tertiary/aromatic N) is 2. The first kappa shape index (κ1) is 24.9. The summed E-state index contributed by atoms with van der Waals surface area (Å²) in [4.78, 5) is 30.3. The summed E-state index contributed by atoms with van der Waals surface area (Å²) in [5.74, 6) is -0.408. The summed E-state index contributed by atoms with van der Waals surface area (Å²) < 4.78 is 28.1. The van der Waals surface area contributed by atoms with E-state index in [0.717, 1.165) is 37.9 Å². The predicted molar refractivity (Wildman–Crippen MR) is 138 cm³/mol. The van der Waals surface area contributed by atoms with E-state index in [-0.39, 0.29) is 10.5 Å². The van der Waals surface area contributed by atoms with Gasteiger partial charge in [-0.2, -0.15) is 4.31 Å². The molecular formula is C26H32N4O4S. The van der Waals surface area contributed by atoms with Crippen molar-refractivity contribution in [2.45, 2.75) is 37.5 Å². The van der Waals surface area contributed by atoms with Gasteiger partial charge in [-0.3, -0.25) is 9.59 Å². The van der Waals surface area contributed by atoms with Gasteiger partial charge in [-0.15, -0.1) is 0 Å². The Morgan fingerprint density at radius 1 is 1.03 bits per heavy atom. The van der Waals surface area contributed by atoms with Crippen molar-refractivity contribution in [2.75, 3.05) is 37.6 Å². The molecule has 186 valence electrons. The molecule has 1 aliphatic rings. The maximum Gasteiger partial charge on any atom is 0.252 e. The molecule has 0 bridgehead atoms. The van der Waals surface area contributed by atoms with Gasteiger partial charge in [-0.25, -0.2) is 8.42 Å². The van der Waals surface area contributed by atoms with E-state index in [1.54, 1.807) is 6.07 Å². The minimum absolute atomic E-state index is 0.134. The van der Waals surface area contributed by atoms with Gasteiger partial charge in [0.2, 0.25) is 15.6 Å². The lowest BCUT2D eigenvalue weighted by Crippen LogP contribution is -2.35. The van der Waals surface area contributed by atoms with Crippen LogP contribution in [0.3, 0.4) is 0 Å². The van der Waals surface area contributed by atoms with E-state index in [9.17, 15) is 18.0 Å². The maximum atomic E-state index is 13.3. The fourth-order valence-corrected chi connectivity index (χ4v) is 6.06. The number of carbonyl (C=O) groups is 1. The molecule has 3 aromatic rings. The van der Waals surface area contributed by atoms with Gasteiger partial charge in [-0.05, 0) is 50.1 Å². The van der Waals surface area contributed by atoms with Gasteiger partial charge in [0.05, 0.1) is 10.5 Å². The van der Waals surface area contributed by atoms with Crippen molar-refractivity contribution in [1.29, 1.82) is 0 Å². The molecule has 0 spiro atoms. The molecule has 8 nitrogen and oxygen atoms in total. The summed E-state index contributed by atoms with van der Waals surface area (Å²) in [5, 5.41) is 3.30. The third-order valence-corrected chi connectivity index (χ3v) is 8.33. The first-order valence-corrected chi connectivity index (χ1v) is 13.6. The van der Waals surface area contributed by atoms with Crippen molar-refractivity contribution >= 4 is 32.5 Å². The van der Waals surface area contributed by atoms with E-state index in [1.165, 1.54) is 22.5 Å². The zero-order chi connectivity index (χ0) is 24.8. The van der Waals surface area contributed by atoms with Gasteiger partial charge in [0.25, 0.3) is 5.91 Å². The van der Waals surface area contributed by atoms with Gasteiger partial charge in [-0.1, -0.05) is 31.0 Å². The molecule has 1 aromatic heterocycles. The molecule has 0 atom stereocenters. The molecular weight excluding hydrogens is 464 g/mol. The number of para-hydroxylation sites is 1. The largest absolute Gasteiger partial charge is 0.370 e. The average molecular weight is 497 g/mol. The fraction of sp³-hybridized carbons (Fsp3) is 0.385. The second-order valence-corrected chi connectivity index (χ2v) is 10.7. The molecule has 0 aliphatic carbocycles. The van der Waals surface area contributed by atoms with E-state index in [1.807, 2.05) is 37.3 Å². The normalized spacial score (nSPS) is 15.0. The van der Waals surface area contributed by atoms with Crippen LogP contribution in [0.2, 0.25) is 0 Å². The molecule has 0 unspecified atom stereocenters. The third-order valence-electron chi connectivity index (χ3n) is 6.43. The van der Waals surface area contributed by atoms with E-state index in [4.69, 9.17) is 0 Å². The number of aromatic nitrogens is 1. The molecule has 2 N–H and O–H groups in total. The van der Waals surface area contributed by atoms with Crippen LogP contribution in [0.5, 0.6) is 0 Å². The highest BCUT2D eigenvalue weighted by Crippen LogP contribution is 2.25. The first-order valence-electron chi connectivity index (χ1n) is 12.2. The van der Waals surface area contributed by atoms with Crippen molar-refractivity contribution in [2.24, 2.45) is 0 Å². The fourth-order valence-electron chi connectivity index (χ4n) is 4.52. The number of hydrogen-bond donors (Lipinski definition) is 2. The highest BCUT2D eigenvalue weighted by Gasteiger charge is 2.26. The summed E-state index contributed by atoms with van der Waals surface area (Å²) in [6, 6.07) is 15.7. The Bertz CT molecular complexity index is 1330. The number of amides is 1. The van der Waals surface area contributed by atoms with Crippen LogP contribution < -0.4 is 15.8 Å². The number of carbonyl (C=O) groups excluding carboxylic acids is 1. The predicted octanol–water partition coefficient (Wildman–Crippen LogP) is 3.35. The van der Waals surface area contributed by atoms with Crippen molar-refractivity contribution < 1.29 is 13.2 Å². The van der Waals surface area contributed by atoms with Crippen molar-refractivity contribution in [1.82, 2.24) is 14.6 Å². The van der Waals surface area contributed by atoms with E-state index < -0.39 is 21.5 Å². The number of rotatable bonds is 8. The molecule has 2 heterocycles. The van der Waals surface area contributed by atoms with E-state index in [2.05, 4.69) is 15.2 Å². The van der Waals surface area contributed by atoms with Crippen LogP contribution in [0, 0.1) is 0 Å². The Morgan fingerprint density at radius 2 is 1.74 bits per heavy atom. The number of anilines is 1. The molecule has 2 aromatic carbocycles. The average Bonchev–Trinajstić information content (AvgIpc) is 3.16. The summed E-state index contributed by atoms with van der Waals surface area (Å²) in [6.45, 7) is 4.80. The molecule has 4 rings (SSSR count). The van der Waals surface area contributed by atoms with Crippen LogP contribution in [0.4, 0.5) is 5.69 Å². The molecule has 0 radical (unpaired) electrons. The zero-order valence-corrected chi connectivity index (χ0v) is 20.8. The second-order valence-electron chi connectivity index (χ2n) is 8.74. The molecule has 9 heteroatoms. The smallest absolute Gasteiger partial charge is 0.252 e. The number of aromatic amines is 1. The van der Waals surface area contributed by atoms with E-state index >= 15 is 0 Å². The molecule has 1 amide bonds. The van der Waals surface area contributed by atoms with Crippen molar-refractivity contribution in [3.63, 3.8) is 0 Å². The number of fused-ring (bicyclic) bond motifs is 1. The van der Waals surface area contributed by atoms with Gasteiger partial charge in [0, 0.05) is 55.4 Å². The molecule has 1 saturated heterocycles. The summed E-state index contributed by atoms with van der Waals surface area (Å²) in [6.07, 6.45) is 3.72. The minimum atomic E-state index is -3.69. The number of benzene rings is 2. The lowest BCUT2D eigenvalue weighted by molar-refractivity contribution is 0.0956. The summed E-state index contributed by atoms with van der Waals surface area (Å²) in [7, 11) is -3.69. The summed E-state index contributed by atoms with van der Waals surface area (Å²) in [5.41, 5.74) is 1.25. The number of nitrogens with one attached hydrogen (secondary N) is 2. The summed E-state index contributed by atoms with van der Waals surface area (Å²) >= 11 is 0. The van der Waals surface area contributed by atoms with Crippen LogP contribution in [-0.4, -0.2) is 56.3 Å². The second kappa shape index (κ2) is 11.0. The molecule has 1 fully saturated rings. The Hall–Kier alpha value is -3.17. The minimum Gasteiger partial charge on any atom is -0.370 e. The standard InChI is InChI=1S/C26H32N4O4S/c1-2-29(20-10-6-5-7-11-20)17-14-27-26(32)23-19-25(31)28-24-13-12-21(18-22(23)24)35(33,34)30-15-8-3-4-9-16-30/h5-7,10-13,18-19H,2-4,8-9,14-17H2,1H3,(H,27,32)(H,28,31). The lowest BCUT2D eigenvalue weighted by Gasteiger charge is -2.23. The van der Waals surface area contributed by atoms with Crippen molar-refractivity contribution in [3.05, 3.63) is 70.5 Å². The Labute approximate surface area is 206 Å².